The van der Waals surface area contributed by atoms with Gasteiger partial charge in [0, 0.05) is 19.1 Å². The fourth-order valence-corrected chi connectivity index (χ4v) is 2.66. The Balaban J connectivity index is 0.00000200. The molecule has 1 aromatic rings. The van der Waals surface area contributed by atoms with E-state index in [1.165, 1.54) is 6.42 Å². The third-order valence-electron chi connectivity index (χ3n) is 3.94. The molecule has 1 heterocycles. The zero-order valence-electron chi connectivity index (χ0n) is 12.3. The average molecular weight is 334 g/mol. The van der Waals surface area contributed by atoms with Crippen LogP contribution in [-0.2, 0) is 4.79 Å². The molecule has 1 fully saturated rings. The number of nitrogens with one attached hydrogen (secondary N) is 1. The minimum absolute atomic E-state index is 0. The molecule has 1 aliphatic rings. The Labute approximate surface area is 139 Å². The summed E-state index contributed by atoms with van der Waals surface area (Å²) in [5, 5.41) is 3.04. The number of amides is 1. The van der Waals surface area contributed by atoms with Gasteiger partial charge >= 0.3 is 0 Å². The highest BCUT2D eigenvalue weighted by atomic mass is 35.5. The summed E-state index contributed by atoms with van der Waals surface area (Å²) < 4.78 is 0. The molecule has 0 saturated carbocycles. The molecule has 3 N–H and O–H groups in total. The molecule has 0 aliphatic carbocycles. The Morgan fingerprint density at radius 1 is 1.38 bits per heavy atom. The lowest BCUT2D eigenvalue weighted by Crippen LogP contribution is -2.41. The van der Waals surface area contributed by atoms with Crippen molar-refractivity contribution in [3.05, 3.63) is 35.9 Å². The van der Waals surface area contributed by atoms with Crippen molar-refractivity contribution in [1.82, 2.24) is 10.2 Å². The molecule has 21 heavy (non-hydrogen) atoms. The monoisotopic (exact) mass is 333 g/mol. The molecule has 120 valence electrons. The molecule has 1 saturated heterocycles. The molecule has 0 radical (unpaired) electrons. The maximum Gasteiger partial charge on any atom is 0.228 e. The number of carbonyl (C=O) groups is 1. The lowest BCUT2D eigenvalue weighted by atomic mass is 9.98. The number of likely N-dealkylation sites (tertiary alicyclic amines) is 1. The molecular formula is C15H25Cl2N3O. The summed E-state index contributed by atoms with van der Waals surface area (Å²) in [4.78, 5) is 14.5. The van der Waals surface area contributed by atoms with E-state index in [2.05, 4.69) is 17.3 Å². The van der Waals surface area contributed by atoms with Gasteiger partial charge in [0.05, 0.1) is 5.92 Å². The zero-order chi connectivity index (χ0) is 13.7. The van der Waals surface area contributed by atoms with Crippen molar-refractivity contribution in [2.45, 2.75) is 24.8 Å². The highest BCUT2D eigenvalue weighted by molar-refractivity contribution is 5.85. The topological polar surface area (TPSA) is 58.4 Å². The van der Waals surface area contributed by atoms with Gasteiger partial charge in [0.2, 0.25) is 5.91 Å². The summed E-state index contributed by atoms with van der Waals surface area (Å²) in [6, 6.07) is 10.2. The minimum Gasteiger partial charge on any atom is -0.354 e. The molecule has 0 spiro atoms. The molecule has 0 bridgehead atoms. The van der Waals surface area contributed by atoms with Crippen molar-refractivity contribution in [2.75, 3.05) is 26.7 Å². The number of hydrogen-bond acceptors (Lipinski definition) is 3. The quantitative estimate of drug-likeness (QED) is 0.863. The van der Waals surface area contributed by atoms with E-state index >= 15 is 0 Å². The first-order valence-electron chi connectivity index (χ1n) is 6.95. The summed E-state index contributed by atoms with van der Waals surface area (Å²) in [7, 11) is 2.11. The summed E-state index contributed by atoms with van der Waals surface area (Å²) in [5.74, 6) is -0.207. The fourth-order valence-electron chi connectivity index (χ4n) is 2.66. The van der Waals surface area contributed by atoms with Crippen LogP contribution in [0.5, 0.6) is 0 Å². The highest BCUT2D eigenvalue weighted by Crippen LogP contribution is 2.16. The van der Waals surface area contributed by atoms with Crippen LogP contribution in [-0.4, -0.2) is 43.5 Å². The molecule has 1 aromatic carbocycles. The first-order valence-corrected chi connectivity index (χ1v) is 6.95. The van der Waals surface area contributed by atoms with Crippen molar-refractivity contribution in [2.24, 2.45) is 5.73 Å². The second-order valence-corrected chi connectivity index (χ2v) is 5.22. The number of hydrogen-bond donors (Lipinski definition) is 2. The van der Waals surface area contributed by atoms with Gasteiger partial charge in [0.1, 0.15) is 0 Å². The third-order valence-corrected chi connectivity index (χ3v) is 3.94. The number of rotatable bonds is 5. The molecule has 6 heteroatoms. The molecule has 1 aliphatic heterocycles. The normalized spacial score (nSPS) is 19.2. The number of nitrogens with two attached hydrogens (primary N) is 1. The highest BCUT2D eigenvalue weighted by Gasteiger charge is 2.23. The Morgan fingerprint density at radius 2 is 2.05 bits per heavy atom. The van der Waals surface area contributed by atoms with Gasteiger partial charge in [-0.15, -0.1) is 24.8 Å². The van der Waals surface area contributed by atoms with Crippen LogP contribution in [0.4, 0.5) is 0 Å². The maximum atomic E-state index is 12.2. The summed E-state index contributed by atoms with van der Waals surface area (Å²) in [5.41, 5.74) is 6.73. The fraction of sp³-hybridized carbons (Fsp3) is 0.533. The molecule has 1 amide bonds. The van der Waals surface area contributed by atoms with Crippen molar-refractivity contribution < 1.29 is 4.79 Å². The summed E-state index contributed by atoms with van der Waals surface area (Å²) in [6.45, 7) is 2.19. The first-order chi connectivity index (χ1) is 9.22. The van der Waals surface area contributed by atoms with Crippen LogP contribution >= 0.6 is 24.8 Å². The van der Waals surface area contributed by atoms with E-state index in [-0.39, 0.29) is 36.6 Å². The Bertz CT molecular complexity index is 417. The molecule has 2 rings (SSSR count). The smallest absolute Gasteiger partial charge is 0.228 e. The number of carbonyl (C=O) groups excluding carboxylic acids is 1. The van der Waals surface area contributed by atoms with E-state index in [9.17, 15) is 4.79 Å². The lowest BCUT2D eigenvalue weighted by molar-refractivity contribution is -0.122. The minimum atomic E-state index is -0.243. The number of benzene rings is 1. The predicted molar refractivity (Wildman–Crippen MR) is 91.4 cm³/mol. The molecule has 2 atom stereocenters. The van der Waals surface area contributed by atoms with E-state index in [1.54, 1.807) is 0 Å². The van der Waals surface area contributed by atoms with Crippen molar-refractivity contribution in [3.8, 4) is 0 Å². The molecule has 4 nitrogen and oxygen atoms in total. The van der Waals surface area contributed by atoms with Gasteiger partial charge in [0.15, 0.2) is 0 Å². The Hall–Kier alpha value is -0.810. The standard InChI is InChI=1S/C15H23N3O.2ClH/c1-18-9-5-8-13(18)11-17-15(19)14(10-16)12-6-3-2-4-7-12;;/h2-4,6-7,13-14H,5,8-11,16H2,1H3,(H,17,19);2*1H. The van der Waals surface area contributed by atoms with Gasteiger partial charge in [0.25, 0.3) is 0 Å². The Morgan fingerprint density at radius 3 is 2.57 bits per heavy atom. The van der Waals surface area contributed by atoms with Gasteiger partial charge in [-0.2, -0.15) is 0 Å². The van der Waals surface area contributed by atoms with Crippen LogP contribution < -0.4 is 11.1 Å². The summed E-state index contributed by atoms with van der Waals surface area (Å²) in [6.07, 6.45) is 2.38. The van der Waals surface area contributed by atoms with Gasteiger partial charge in [-0.1, -0.05) is 30.3 Å². The predicted octanol–water partition coefficient (Wildman–Crippen LogP) is 1.78. The largest absolute Gasteiger partial charge is 0.354 e. The van der Waals surface area contributed by atoms with E-state index in [0.29, 0.717) is 12.6 Å². The number of halogens is 2. The van der Waals surface area contributed by atoms with Crippen LogP contribution in [0.25, 0.3) is 0 Å². The van der Waals surface area contributed by atoms with Gasteiger partial charge in [-0.05, 0) is 32.0 Å². The van der Waals surface area contributed by atoms with Crippen LogP contribution in [0.2, 0.25) is 0 Å². The number of likely N-dealkylation sites (N-methyl/N-ethyl adjacent to an activating group) is 1. The zero-order valence-corrected chi connectivity index (χ0v) is 14.0. The number of nitrogens with zero attached hydrogens (tertiary/aromatic N) is 1. The maximum absolute atomic E-state index is 12.2. The van der Waals surface area contributed by atoms with E-state index in [4.69, 9.17) is 5.73 Å². The SMILES string of the molecule is CN1CCCC1CNC(=O)C(CN)c1ccccc1.Cl.Cl. The molecule has 0 aromatic heterocycles. The van der Waals surface area contributed by atoms with Crippen LogP contribution in [0.15, 0.2) is 30.3 Å². The van der Waals surface area contributed by atoms with Crippen LogP contribution in [0.3, 0.4) is 0 Å². The Kier molecular flexibility index (Phi) is 9.62. The first kappa shape index (κ1) is 20.2. The van der Waals surface area contributed by atoms with Crippen LogP contribution in [0, 0.1) is 0 Å². The summed E-state index contributed by atoms with van der Waals surface area (Å²) >= 11 is 0. The average Bonchev–Trinajstić information content (AvgIpc) is 2.84. The van der Waals surface area contributed by atoms with Crippen molar-refractivity contribution in [1.29, 1.82) is 0 Å². The third kappa shape index (κ3) is 5.47. The van der Waals surface area contributed by atoms with Crippen molar-refractivity contribution in [3.63, 3.8) is 0 Å². The second-order valence-electron chi connectivity index (χ2n) is 5.22. The molecule has 2 unspecified atom stereocenters. The molecular weight excluding hydrogens is 309 g/mol. The van der Waals surface area contributed by atoms with Gasteiger partial charge in [-0.3, -0.25) is 4.79 Å². The van der Waals surface area contributed by atoms with E-state index in [1.807, 2.05) is 30.3 Å². The van der Waals surface area contributed by atoms with Gasteiger partial charge in [-0.25, -0.2) is 0 Å². The van der Waals surface area contributed by atoms with E-state index in [0.717, 1.165) is 25.1 Å². The van der Waals surface area contributed by atoms with Crippen LogP contribution in [0.1, 0.15) is 24.3 Å². The van der Waals surface area contributed by atoms with E-state index < -0.39 is 0 Å². The lowest BCUT2D eigenvalue weighted by Gasteiger charge is -2.21. The van der Waals surface area contributed by atoms with Crippen molar-refractivity contribution >= 4 is 30.7 Å². The second kappa shape index (κ2) is 10.0. The van der Waals surface area contributed by atoms with Gasteiger partial charge < -0.3 is 16.0 Å².